The molecule has 1 aromatic rings. The van der Waals surface area contributed by atoms with Gasteiger partial charge in [-0.1, -0.05) is 20.3 Å². The fraction of sp³-hybridized carbons (Fsp3) is 0.800. The molecule has 0 saturated heterocycles. The van der Waals surface area contributed by atoms with Crippen molar-refractivity contribution in [3.63, 3.8) is 0 Å². The van der Waals surface area contributed by atoms with Crippen molar-refractivity contribution in [3.05, 3.63) is 18.0 Å². The minimum Gasteiger partial charge on any atom is -0.310 e. The maximum absolute atomic E-state index is 4.49. The Morgan fingerprint density at radius 1 is 1.39 bits per heavy atom. The zero-order valence-electron chi connectivity index (χ0n) is 11.6. The molecule has 3 unspecified atom stereocenters. The van der Waals surface area contributed by atoms with Gasteiger partial charge in [0.1, 0.15) is 0 Å². The number of nitrogens with zero attached hydrogens (tertiary/aromatic N) is 2. The lowest BCUT2D eigenvalue weighted by Gasteiger charge is -2.18. The van der Waals surface area contributed by atoms with Crippen LogP contribution in [-0.2, 0) is 6.54 Å². The van der Waals surface area contributed by atoms with Crippen LogP contribution < -0.4 is 5.32 Å². The van der Waals surface area contributed by atoms with Gasteiger partial charge in [0.15, 0.2) is 0 Å². The van der Waals surface area contributed by atoms with Gasteiger partial charge in [-0.05, 0) is 43.6 Å². The predicted octanol–water partition coefficient (Wildman–Crippen LogP) is 2.99. The summed E-state index contributed by atoms with van der Waals surface area (Å²) in [6.45, 7) is 6.51. The van der Waals surface area contributed by atoms with Crippen molar-refractivity contribution in [2.45, 2.75) is 52.1 Å². The van der Waals surface area contributed by atoms with Gasteiger partial charge in [0.2, 0.25) is 0 Å². The summed E-state index contributed by atoms with van der Waals surface area (Å²) in [5.41, 5.74) is 1.41. The van der Waals surface area contributed by atoms with E-state index in [1.165, 1.54) is 24.8 Å². The maximum Gasteiger partial charge on any atom is 0.0537 e. The van der Waals surface area contributed by atoms with E-state index < -0.39 is 0 Å². The van der Waals surface area contributed by atoms with E-state index >= 15 is 0 Å². The number of aromatic nitrogens is 2. The molecule has 2 fully saturated rings. The molecule has 3 nitrogen and oxygen atoms in total. The highest BCUT2D eigenvalue weighted by Crippen LogP contribution is 2.62. The summed E-state index contributed by atoms with van der Waals surface area (Å²) in [5.74, 6) is 2.89. The average molecular weight is 247 g/mol. The SMILES string of the molecule is CCCn1cc(C(NCC)C2C3CCCC32)cn1. The Bertz CT molecular complexity index is 388. The number of hydrogen-bond acceptors (Lipinski definition) is 2. The van der Waals surface area contributed by atoms with Crippen LogP contribution in [0.1, 0.15) is 51.1 Å². The van der Waals surface area contributed by atoms with Crippen LogP contribution >= 0.6 is 0 Å². The van der Waals surface area contributed by atoms with Crippen molar-refractivity contribution < 1.29 is 0 Å². The first-order valence-corrected chi connectivity index (χ1v) is 7.60. The molecule has 1 aromatic heterocycles. The number of nitrogens with one attached hydrogen (secondary N) is 1. The first-order valence-electron chi connectivity index (χ1n) is 7.60. The second-order valence-corrected chi connectivity index (χ2v) is 5.91. The van der Waals surface area contributed by atoms with Crippen LogP contribution in [0.5, 0.6) is 0 Å². The van der Waals surface area contributed by atoms with E-state index in [-0.39, 0.29) is 0 Å². The van der Waals surface area contributed by atoms with Crippen molar-refractivity contribution in [1.82, 2.24) is 15.1 Å². The van der Waals surface area contributed by atoms with Crippen LogP contribution in [-0.4, -0.2) is 16.3 Å². The Morgan fingerprint density at radius 2 is 2.17 bits per heavy atom. The predicted molar refractivity (Wildman–Crippen MR) is 73.3 cm³/mol. The molecular formula is C15H25N3. The Morgan fingerprint density at radius 3 is 2.83 bits per heavy atom. The summed E-state index contributed by atoms with van der Waals surface area (Å²) in [6.07, 6.45) is 9.87. The number of hydrogen-bond donors (Lipinski definition) is 1. The van der Waals surface area contributed by atoms with Crippen molar-refractivity contribution in [3.8, 4) is 0 Å². The normalized spacial score (nSPS) is 31.3. The molecule has 3 atom stereocenters. The standard InChI is InChI=1S/C15H25N3/c1-3-8-18-10-11(9-17-18)15(16-4-2)14-12-6-5-7-13(12)14/h9-10,12-16H,3-8H2,1-2H3. The quantitative estimate of drug-likeness (QED) is 0.837. The van der Waals surface area contributed by atoms with Gasteiger partial charge < -0.3 is 5.32 Å². The van der Waals surface area contributed by atoms with Gasteiger partial charge in [0.05, 0.1) is 6.20 Å². The molecular weight excluding hydrogens is 222 g/mol. The Kier molecular flexibility index (Phi) is 3.42. The molecule has 0 aliphatic heterocycles. The average Bonchev–Trinajstić information content (AvgIpc) is 2.77. The monoisotopic (exact) mass is 247 g/mol. The maximum atomic E-state index is 4.49. The Hall–Kier alpha value is -0.830. The molecule has 0 radical (unpaired) electrons. The van der Waals surface area contributed by atoms with Crippen LogP contribution in [0.2, 0.25) is 0 Å². The van der Waals surface area contributed by atoms with Crippen molar-refractivity contribution in [2.24, 2.45) is 17.8 Å². The smallest absolute Gasteiger partial charge is 0.0537 e. The topological polar surface area (TPSA) is 29.9 Å². The zero-order valence-corrected chi connectivity index (χ0v) is 11.6. The molecule has 0 aromatic carbocycles. The Labute approximate surface area is 110 Å². The summed E-state index contributed by atoms with van der Waals surface area (Å²) in [5, 5.41) is 8.18. The molecule has 1 heterocycles. The minimum absolute atomic E-state index is 0.552. The van der Waals surface area contributed by atoms with E-state index in [1.54, 1.807) is 0 Å². The zero-order chi connectivity index (χ0) is 12.5. The molecule has 2 aliphatic carbocycles. The van der Waals surface area contributed by atoms with E-state index in [9.17, 15) is 0 Å². The van der Waals surface area contributed by atoms with Crippen LogP contribution in [0, 0.1) is 17.8 Å². The molecule has 100 valence electrons. The highest BCUT2D eigenvalue weighted by molar-refractivity contribution is 5.19. The van der Waals surface area contributed by atoms with Gasteiger partial charge in [-0.2, -0.15) is 5.10 Å². The number of rotatable bonds is 6. The molecule has 1 N–H and O–H groups in total. The third kappa shape index (κ3) is 2.09. The van der Waals surface area contributed by atoms with Crippen molar-refractivity contribution >= 4 is 0 Å². The van der Waals surface area contributed by atoms with Crippen molar-refractivity contribution in [2.75, 3.05) is 6.54 Å². The largest absolute Gasteiger partial charge is 0.310 e. The fourth-order valence-electron chi connectivity index (χ4n) is 3.96. The lowest BCUT2D eigenvalue weighted by Crippen LogP contribution is -2.24. The summed E-state index contributed by atoms with van der Waals surface area (Å²) in [4.78, 5) is 0. The lowest BCUT2D eigenvalue weighted by molar-refractivity contribution is 0.425. The summed E-state index contributed by atoms with van der Waals surface area (Å²) in [7, 11) is 0. The number of fused-ring (bicyclic) bond motifs is 1. The van der Waals surface area contributed by atoms with Gasteiger partial charge in [-0.25, -0.2) is 0 Å². The molecule has 3 rings (SSSR count). The molecule has 0 amide bonds. The van der Waals surface area contributed by atoms with Gasteiger partial charge >= 0.3 is 0 Å². The van der Waals surface area contributed by atoms with E-state index in [0.717, 1.165) is 37.3 Å². The van der Waals surface area contributed by atoms with Gasteiger partial charge in [-0.3, -0.25) is 4.68 Å². The molecule has 2 saturated carbocycles. The second-order valence-electron chi connectivity index (χ2n) is 5.91. The van der Waals surface area contributed by atoms with Crippen molar-refractivity contribution in [1.29, 1.82) is 0 Å². The van der Waals surface area contributed by atoms with E-state index in [0.29, 0.717) is 6.04 Å². The van der Waals surface area contributed by atoms with Crippen LogP contribution in [0.25, 0.3) is 0 Å². The van der Waals surface area contributed by atoms with Crippen LogP contribution in [0.4, 0.5) is 0 Å². The summed E-state index contributed by atoms with van der Waals surface area (Å²) < 4.78 is 2.10. The summed E-state index contributed by atoms with van der Waals surface area (Å²) in [6, 6.07) is 0.552. The highest BCUT2D eigenvalue weighted by Gasteiger charge is 2.56. The third-order valence-electron chi connectivity index (χ3n) is 4.75. The molecule has 2 aliphatic rings. The van der Waals surface area contributed by atoms with Gasteiger partial charge in [0.25, 0.3) is 0 Å². The first-order chi connectivity index (χ1) is 8.85. The summed E-state index contributed by atoms with van der Waals surface area (Å²) >= 11 is 0. The van der Waals surface area contributed by atoms with E-state index in [2.05, 4.69) is 41.3 Å². The molecule has 0 spiro atoms. The van der Waals surface area contributed by atoms with Gasteiger partial charge in [-0.15, -0.1) is 0 Å². The van der Waals surface area contributed by atoms with E-state index in [1.807, 2.05) is 0 Å². The lowest BCUT2D eigenvalue weighted by atomic mass is 9.99. The Balaban J connectivity index is 1.72. The minimum atomic E-state index is 0.552. The van der Waals surface area contributed by atoms with E-state index in [4.69, 9.17) is 0 Å². The fourth-order valence-corrected chi connectivity index (χ4v) is 3.96. The highest BCUT2D eigenvalue weighted by atomic mass is 15.3. The molecule has 3 heteroatoms. The molecule has 0 bridgehead atoms. The van der Waals surface area contributed by atoms with Crippen LogP contribution in [0.15, 0.2) is 12.4 Å². The third-order valence-corrected chi connectivity index (χ3v) is 4.75. The second kappa shape index (κ2) is 5.04. The van der Waals surface area contributed by atoms with Gasteiger partial charge in [0, 0.05) is 24.3 Å². The first kappa shape index (κ1) is 12.2. The molecule has 18 heavy (non-hydrogen) atoms. The number of aryl methyl sites for hydroxylation is 1. The van der Waals surface area contributed by atoms with Crippen LogP contribution in [0.3, 0.4) is 0 Å².